The molecule has 0 spiro atoms. The molecule has 0 aliphatic carbocycles. The van der Waals surface area contributed by atoms with Crippen LogP contribution in [-0.4, -0.2) is 46.5 Å². The molecule has 3 heterocycles. The maximum atomic E-state index is 13.3. The van der Waals surface area contributed by atoms with Crippen LogP contribution < -0.4 is 4.90 Å². The largest absolute Gasteiger partial charge is 0.356 e. The third-order valence-electron chi connectivity index (χ3n) is 6.99. The summed E-state index contributed by atoms with van der Waals surface area (Å²) in [6, 6.07) is 18.4. The van der Waals surface area contributed by atoms with Crippen LogP contribution in [-0.2, 0) is 0 Å². The fourth-order valence-corrected chi connectivity index (χ4v) is 5.36. The molecular weight excluding hydrogens is 384 g/mol. The van der Waals surface area contributed by atoms with Gasteiger partial charge in [0.2, 0.25) is 0 Å². The van der Waals surface area contributed by atoms with Gasteiger partial charge in [0.1, 0.15) is 12.1 Å². The second-order valence-electron chi connectivity index (χ2n) is 8.82. The molecule has 2 aliphatic heterocycles. The number of fused-ring (bicyclic) bond motifs is 1. The normalized spacial score (nSPS) is 20.6. The van der Waals surface area contributed by atoms with Crippen LogP contribution in [0.4, 0.5) is 5.82 Å². The highest BCUT2D eigenvalue weighted by molar-refractivity contribution is 5.94. The van der Waals surface area contributed by atoms with Crippen LogP contribution in [0.25, 0.3) is 10.9 Å². The van der Waals surface area contributed by atoms with Gasteiger partial charge >= 0.3 is 0 Å². The summed E-state index contributed by atoms with van der Waals surface area (Å²) in [5.41, 5.74) is 1.82. The van der Waals surface area contributed by atoms with E-state index in [1.165, 1.54) is 12.8 Å². The zero-order valence-electron chi connectivity index (χ0n) is 18.0. The van der Waals surface area contributed by atoms with Crippen molar-refractivity contribution in [2.45, 2.75) is 44.6 Å². The molecule has 5 rings (SSSR count). The van der Waals surface area contributed by atoms with E-state index in [0.29, 0.717) is 12.0 Å². The van der Waals surface area contributed by atoms with E-state index in [1.54, 1.807) is 6.33 Å². The van der Waals surface area contributed by atoms with Crippen molar-refractivity contribution in [2.75, 3.05) is 24.5 Å². The second-order valence-corrected chi connectivity index (χ2v) is 8.82. The van der Waals surface area contributed by atoms with Gasteiger partial charge < -0.3 is 9.80 Å². The first-order valence-electron chi connectivity index (χ1n) is 11.6. The Morgan fingerprint density at radius 2 is 1.58 bits per heavy atom. The molecule has 0 N–H and O–H groups in total. The van der Waals surface area contributed by atoms with Gasteiger partial charge in [0.15, 0.2) is 0 Å². The molecule has 5 heteroatoms. The van der Waals surface area contributed by atoms with E-state index in [4.69, 9.17) is 0 Å². The van der Waals surface area contributed by atoms with E-state index >= 15 is 0 Å². The summed E-state index contributed by atoms with van der Waals surface area (Å²) < 4.78 is 0. The lowest BCUT2D eigenvalue weighted by molar-refractivity contribution is 0.0588. The molecule has 0 saturated carbocycles. The third-order valence-corrected chi connectivity index (χ3v) is 6.99. The molecule has 1 aromatic heterocycles. The van der Waals surface area contributed by atoms with E-state index < -0.39 is 0 Å². The van der Waals surface area contributed by atoms with Crippen LogP contribution in [0, 0.1) is 5.92 Å². The summed E-state index contributed by atoms with van der Waals surface area (Å²) in [5, 5.41) is 1.12. The van der Waals surface area contributed by atoms with E-state index in [-0.39, 0.29) is 5.91 Å². The molecule has 1 unspecified atom stereocenters. The lowest BCUT2D eigenvalue weighted by Gasteiger charge is -2.41. The fraction of sp³-hybridized carbons (Fsp3) is 0.423. The predicted octanol–water partition coefficient (Wildman–Crippen LogP) is 4.93. The number of amides is 1. The maximum Gasteiger partial charge on any atom is 0.254 e. The molecule has 1 atom stereocenters. The standard InChI is InChI=1S/C26H30N4O/c31-26(21-9-3-1-4-10-21)30-16-8-2-5-13-24(30)20-14-17-29(18-15-20)25-22-11-6-7-12-23(22)27-19-28-25/h1,3-4,6-7,9-12,19-20,24H,2,5,8,13-18H2. The minimum Gasteiger partial charge on any atom is -0.356 e. The number of para-hydroxylation sites is 1. The monoisotopic (exact) mass is 414 g/mol. The molecule has 2 aromatic carbocycles. The van der Waals surface area contributed by atoms with Gasteiger partial charge in [-0.1, -0.05) is 43.2 Å². The summed E-state index contributed by atoms with van der Waals surface area (Å²) in [4.78, 5) is 27.0. The third kappa shape index (κ3) is 4.14. The van der Waals surface area contributed by atoms with Gasteiger partial charge in [0, 0.05) is 36.6 Å². The first-order chi connectivity index (χ1) is 15.3. The molecule has 31 heavy (non-hydrogen) atoms. The number of hydrogen-bond acceptors (Lipinski definition) is 4. The summed E-state index contributed by atoms with van der Waals surface area (Å²) in [7, 11) is 0. The van der Waals surface area contributed by atoms with E-state index in [9.17, 15) is 4.79 Å². The number of benzene rings is 2. The number of piperidine rings is 1. The van der Waals surface area contributed by atoms with Crippen LogP contribution in [0.1, 0.15) is 48.9 Å². The van der Waals surface area contributed by atoms with Gasteiger partial charge in [-0.3, -0.25) is 4.79 Å². The molecular formula is C26H30N4O. The Bertz CT molecular complexity index is 1020. The van der Waals surface area contributed by atoms with Crippen LogP contribution >= 0.6 is 0 Å². The number of carbonyl (C=O) groups is 1. The molecule has 0 bridgehead atoms. The highest BCUT2D eigenvalue weighted by Gasteiger charge is 2.34. The summed E-state index contributed by atoms with van der Waals surface area (Å²) in [5.74, 6) is 1.80. The number of likely N-dealkylation sites (tertiary alicyclic amines) is 1. The van der Waals surface area contributed by atoms with Crippen LogP contribution in [0.5, 0.6) is 0 Å². The molecule has 1 amide bonds. The van der Waals surface area contributed by atoms with Crippen molar-refractivity contribution in [1.29, 1.82) is 0 Å². The minimum absolute atomic E-state index is 0.205. The zero-order valence-corrected chi connectivity index (χ0v) is 18.0. The number of carbonyl (C=O) groups excluding carboxylic acids is 1. The first-order valence-corrected chi connectivity index (χ1v) is 11.6. The summed E-state index contributed by atoms with van der Waals surface area (Å²) in [6.07, 6.45) is 8.56. The topological polar surface area (TPSA) is 49.3 Å². The lowest BCUT2D eigenvalue weighted by atomic mass is 9.85. The van der Waals surface area contributed by atoms with Crippen molar-refractivity contribution in [3.8, 4) is 0 Å². The summed E-state index contributed by atoms with van der Waals surface area (Å²) in [6.45, 7) is 2.85. The van der Waals surface area contributed by atoms with Crippen molar-refractivity contribution in [3.63, 3.8) is 0 Å². The fourth-order valence-electron chi connectivity index (χ4n) is 5.36. The highest BCUT2D eigenvalue weighted by Crippen LogP contribution is 2.33. The average molecular weight is 415 g/mol. The van der Waals surface area contributed by atoms with E-state index in [2.05, 4.69) is 31.9 Å². The molecule has 160 valence electrons. The lowest BCUT2D eigenvalue weighted by Crippen LogP contribution is -2.48. The van der Waals surface area contributed by atoms with Gasteiger partial charge in [0.25, 0.3) is 5.91 Å². The number of hydrogen-bond donors (Lipinski definition) is 0. The Kier molecular flexibility index (Phi) is 5.83. The Hall–Kier alpha value is -2.95. The van der Waals surface area contributed by atoms with Gasteiger partial charge in [-0.25, -0.2) is 9.97 Å². The smallest absolute Gasteiger partial charge is 0.254 e. The van der Waals surface area contributed by atoms with Crippen LogP contribution in [0.2, 0.25) is 0 Å². The summed E-state index contributed by atoms with van der Waals surface area (Å²) >= 11 is 0. The van der Waals surface area contributed by atoms with Crippen molar-refractivity contribution in [2.24, 2.45) is 5.92 Å². The molecule has 2 saturated heterocycles. The predicted molar refractivity (Wildman–Crippen MR) is 124 cm³/mol. The minimum atomic E-state index is 0.205. The van der Waals surface area contributed by atoms with E-state index in [0.717, 1.165) is 67.6 Å². The Balaban J connectivity index is 1.32. The number of nitrogens with zero attached hydrogens (tertiary/aromatic N) is 4. The maximum absolute atomic E-state index is 13.3. The quantitative estimate of drug-likeness (QED) is 0.610. The van der Waals surface area contributed by atoms with Gasteiger partial charge in [-0.05, 0) is 55.9 Å². The Morgan fingerprint density at radius 3 is 2.42 bits per heavy atom. The van der Waals surface area contributed by atoms with Gasteiger partial charge in [0.05, 0.1) is 5.52 Å². The Labute approximate surface area is 184 Å². The van der Waals surface area contributed by atoms with Crippen LogP contribution in [0.3, 0.4) is 0 Å². The average Bonchev–Trinajstić information content (AvgIpc) is 3.10. The number of aromatic nitrogens is 2. The zero-order chi connectivity index (χ0) is 21.0. The van der Waals surface area contributed by atoms with E-state index in [1.807, 2.05) is 42.5 Å². The molecule has 2 fully saturated rings. The van der Waals surface area contributed by atoms with Crippen molar-refractivity contribution >= 4 is 22.6 Å². The highest BCUT2D eigenvalue weighted by atomic mass is 16.2. The SMILES string of the molecule is O=C(c1ccccc1)N1CCCCCC1C1CCN(c2ncnc3ccccc23)CC1. The van der Waals surface area contributed by atoms with Crippen molar-refractivity contribution < 1.29 is 4.79 Å². The molecule has 2 aliphatic rings. The number of rotatable bonds is 3. The van der Waals surface area contributed by atoms with Crippen molar-refractivity contribution in [1.82, 2.24) is 14.9 Å². The van der Waals surface area contributed by atoms with Gasteiger partial charge in [-0.2, -0.15) is 0 Å². The number of anilines is 1. The molecule has 5 nitrogen and oxygen atoms in total. The van der Waals surface area contributed by atoms with Crippen molar-refractivity contribution in [3.05, 3.63) is 66.5 Å². The van der Waals surface area contributed by atoms with Gasteiger partial charge in [-0.15, -0.1) is 0 Å². The molecule has 3 aromatic rings. The molecule has 0 radical (unpaired) electrons. The second kappa shape index (κ2) is 9.04. The Morgan fingerprint density at radius 1 is 0.806 bits per heavy atom. The first kappa shape index (κ1) is 20.0. The van der Waals surface area contributed by atoms with Crippen LogP contribution in [0.15, 0.2) is 60.9 Å².